The van der Waals surface area contributed by atoms with E-state index in [-0.39, 0.29) is 5.97 Å². The molecule has 1 saturated carbocycles. The van der Waals surface area contributed by atoms with Gasteiger partial charge in [0.1, 0.15) is 4.60 Å². The number of hydrogen-bond acceptors (Lipinski definition) is 3. The van der Waals surface area contributed by atoms with Crippen molar-refractivity contribution in [2.45, 2.75) is 19.3 Å². The molecule has 1 fully saturated rings. The topological polar surface area (TPSA) is 39.2 Å². The van der Waals surface area contributed by atoms with Crippen LogP contribution in [0, 0.1) is 5.92 Å². The van der Waals surface area contributed by atoms with Crippen LogP contribution in [0.15, 0.2) is 22.9 Å². The van der Waals surface area contributed by atoms with Gasteiger partial charge in [0.05, 0.1) is 12.2 Å². The number of carbonyl (C=O) groups excluding carboxylic acids is 1. The predicted molar refractivity (Wildman–Crippen MR) is 59.6 cm³/mol. The predicted octanol–water partition coefficient (Wildman–Crippen LogP) is 2.80. The molecule has 2 rings (SSSR count). The minimum atomic E-state index is -0.282. The molecular weight excluding hydrogens is 258 g/mol. The molecule has 1 aromatic rings. The zero-order valence-corrected chi connectivity index (χ0v) is 9.87. The molecule has 1 aliphatic carbocycles. The Morgan fingerprint density at radius 1 is 1.53 bits per heavy atom. The van der Waals surface area contributed by atoms with Crippen LogP contribution in [-0.2, 0) is 4.74 Å². The molecule has 0 aromatic carbocycles. The van der Waals surface area contributed by atoms with Gasteiger partial charge in [0.15, 0.2) is 0 Å². The van der Waals surface area contributed by atoms with Crippen LogP contribution in [0.2, 0.25) is 0 Å². The highest BCUT2D eigenvalue weighted by Crippen LogP contribution is 2.32. The van der Waals surface area contributed by atoms with Gasteiger partial charge in [-0.25, -0.2) is 9.78 Å². The van der Waals surface area contributed by atoms with Gasteiger partial charge >= 0.3 is 5.97 Å². The van der Waals surface area contributed by atoms with Crippen molar-refractivity contribution in [3.8, 4) is 0 Å². The lowest BCUT2D eigenvalue weighted by atomic mass is 10.3. The van der Waals surface area contributed by atoms with E-state index in [0.717, 1.165) is 16.9 Å². The summed E-state index contributed by atoms with van der Waals surface area (Å²) in [5.74, 6) is 0.511. The van der Waals surface area contributed by atoms with Gasteiger partial charge in [-0.2, -0.15) is 0 Å². The van der Waals surface area contributed by atoms with E-state index in [4.69, 9.17) is 4.74 Å². The summed E-state index contributed by atoms with van der Waals surface area (Å²) in [5, 5.41) is 0. The summed E-state index contributed by atoms with van der Waals surface area (Å²) in [7, 11) is 0. The first kappa shape index (κ1) is 10.6. The number of halogens is 1. The molecule has 0 N–H and O–H groups in total. The maximum atomic E-state index is 11.5. The number of pyridine rings is 1. The Hall–Kier alpha value is -0.900. The molecule has 0 atom stereocenters. The van der Waals surface area contributed by atoms with Gasteiger partial charge < -0.3 is 4.74 Å². The quantitative estimate of drug-likeness (QED) is 0.623. The van der Waals surface area contributed by atoms with Crippen molar-refractivity contribution in [1.29, 1.82) is 0 Å². The highest BCUT2D eigenvalue weighted by Gasteiger charge is 2.21. The molecule has 0 bridgehead atoms. The van der Waals surface area contributed by atoms with Gasteiger partial charge in [0.2, 0.25) is 0 Å². The molecule has 0 radical (unpaired) electrons. The molecule has 1 heterocycles. The van der Waals surface area contributed by atoms with Crippen LogP contribution in [0.1, 0.15) is 29.6 Å². The van der Waals surface area contributed by atoms with E-state index in [2.05, 4.69) is 20.9 Å². The summed E-state index contributed by atoms with van der Waals surface area (Å²) < 4.78 is 5.84. The molecule has 0 saturated heterocycles. The fraction of sp³-hybridized carbons (Fsp3) is 0.455. The Morgan fingerprint density at radius 2 is 2.33 bits per heavy atom. The lowest BCUT2D eigenvalue weighted by Gasteiger charge is -2.03. The lowest BCUT2D eigenvalue weighted by Crippen LogP contribution is -2.07. The first-order chi connectivity index (χ1) is 7.25. The van der Waals surface area contributed by atoms with Gasteiger partial charge in [0, 0.05) is 6.20 Å². The van der Waals surface area contributed by atoms with Gasteiger partial charge in [-0.15, -0.1) is 0 Å². The van der Waals surface area contributed by atoms with Crippen molar-refractivity contribution < 1.29 is 9.53 Å². The third-order valence-electron chi connectivity index (χ3n) is 2.42. The minimum Gasteiger partial charge on any atom is -0.462 e. The van der Waals surface area contributed by atoms with Gasteiger partial charge in [-0.3, -0.25) is 0 Å². The number of nitrogens with zero attached hydrogens (tertiary/aromatic N) is 1. The summed E-state index contributed by atoms with van der Waals surface area (Å²) in [6.07, 6.45) is 5.09. The molecule has 3 nitrogen and oxygen atoms in total. The van der Waals surface area contributed by atoms with Crippen LogP contribution < -0.4 is 0 Å². The van der Waals surface area contributed by atoms with E-state index >= 15 is 0 Å². The van der Waals surface area contributed by atoms with E-state index in [9.17, 15) is 4.79 Å². The lowest BCUT2D eigenvalue weighted by molar-refractivity contribution is 0.0494. The molecular formula is C11H12BrNO2. The number of esters is 1. The fourth-order valence-corrected chi connectivity index (χ4v) is 1.54. The fourth-order valence-electron chi connectivity index (χ4n) is 1.30. The maximum absolute atomic E-state index is 11.5. The third kappa shape index (κ3) is 3.30. The van der Waals surface area contributed by atoms with Crippen LogP contribution in [0.4, 0.5) is 0 Å². The molecule has 0 aliphatic heterocycles. The summed E-state index contributed by atoms with van der Waals surface area (Å²) >= 11 is 3.21. The zero-order valence-electron chi connectivity index (χ0n) is 8.28. The Balaban J connectivity index is 1.81. The summed E-state index contributed by atoms with van der Waals surface area (Å²) in [4.78, 5) is 15.5. The van der Waals surface area contributed by atoms with Crippen molar-refractivity contribution >= 4 is 21.9 Å². The molecule has 0 unspecified atom stereocenters. The highest BCUT2D eigenvalue weighted by molar-refractivity contribution is 9.10. The smallest absolute Gasteiger partial charge is 0.339 e. The molecule has 1 aliphatic rings. The van der Waals surface area contributed by atoms with E-state index in [1.165, 1.54) is 19.0 Å². The zero-order chi connectivity index (χ0) is 10.7. The molecule has 1 aromatic heterocycles. The summed E-state index contributed by atoms with van der Waals surface area (Å²) in [6.45, 7) is 0.527. The van der Waals surface area contributed by atoms with Crippen molar-refractivity contribution in [2.75, 3.05) is 6.61 Å². The number of rotatable bonds is 4. The maximum Gasteiger partial charge on any atom is 0.339 e. The van der Waals surface area contributed by atoms with E-state index in [1.54, 1.807) is 12.1 Å². The molecule has 0 spiro atoms. The van der Waals surface area contributed by atoms with Crippen LogP contribution >= 0.6 is 15.9 Å². The Labute approximate surface area is 97.0 Å². The van der Waals surface area contributed by atoms with Crippen LogP contribution in [0.5, 0.6) is 0 Å². The van der Waals surface area contributed by atoms with Crippen LogP contribution in [-0.4, -0.2) is 17.6 Å². The second-order valence-corrected chi connectivity index (χ2v) is 4.55. The number of aromatic nitrogens is 1. The van der Waals surface area contributed by atoms with Gasteiger partial charge in [-0.1, -0.05) is 12.8 Å². The third-order valence-corrected chi connectivity index (χ3v) is 2.89. The molecule has 0 amide bonds. The summed E-state index contributed by atoms with van der Waals surface area (Å²) in [6, 6.07) is 3.44. The average Bonchev–Trinajstić information content (AvgIpc) is 3.02. The normalized spacial score (nSPS) is 15.0. The SMILES string of the molecule is O=C(OCCC1CC1)c1ccc(Br)nc1. The van der Waals surface area contributed by atoms with Gasteiger partial charge in [-0.05, 0) is 40.4 Å². The van der Waals surface area contributed by atoms with Crippen molar-refractivity contribution in [1.82, 2.24) is 4.98 Å². The van der Waals surface area contributed by atoms with Crippen molar-refractivity contribution in [3.05, 3.63) is 28.5 Å². The Kier molecular flexibility index (Phi) is 3.36. The first-order valence-corrected chi connectivity index (χ1v) is 5.83. The number of hydrogen-bond donors (Lipinski definition) is 0. The monoisotopic (exact) mass is 269 g/mol. The van der Waals surface area contributed by atoms with Crippen LogP contribution in [0.3, 0.4) is 0 Å². The second kappa shape index (κ2) is 4.75. The standard InChI is InChI=1S/C11H12BrNO2/c12-10-4-3-9(7-13-10)11(14)15-6-5-8-1-2-8/h3-4,7-8H,1-2,5-6H2. The summed E-state index contributed by atoms with van der Waals surface area (Å²) in [5.41, 5.74) is 0.508. The van der Waals surface area contributed by atoms with E-state index in [0.29, 0.717) is 12.2 Å². The molecule has 4 heteroatoms. The van der Waals surface area contributed by atoms with Crippen LogP contribution in [0.25, 0.3) is 0 Å². The highest BCUT2D eigenvalue weighted by atomic mass is 79.9. The molecule has 80 valence electrons. The average molecular weight is 270 g/mol. The second-order valence-electron chi connectivity index (χ2n) is 3.74. The number of ether oxygens (including phenoxy) is 1. The molecule has 15 heavy (non-hydrogen) atoms. The van der Waals surface area contributed by atoms with E-state index in [1.807, 2.05) is 0 Å². The van der Waals surface area contributed by atoms with Crippen molar-refractivity contribution in [3.63, 3.8) is 0 Å². The van der Waals surface area contributed by atoms with Gasteiger partial charge in [0.25, 0.3) is 0 Å². The van der Waals surface area contributed by atoms with Crippen molar-refractivity contribution in [2.24, 2.45) is 5.92 Å². The van der Waals surface area contributed by atoms with E-state index < -0.39 is 0 Å². The number of carbonyl (C=O) groups is 1. The minimum absolute atomic E-state index is 0.282. The Bertz CT molecular complexity index is 346. The Morgan fingerprint density at radius 3 is 2.93 bits per heavy atom. The first-order valence-electron chi connectivity index (χ1n) is 5.04. The largest absolute Gasteiger partial charge is 0.462 e.